The van der Waals surface area contributed by atoms with Crippen LogP contribution < -0.4 is 15.8 Å². The molecule has 36 heavy (non-hydrogen) atoms. The van der Waals surface area contributed by atoms with Crippen molar-refractivity contribution in [3.05, 3.63) is 94.1 Å². The summed E-state index contributed by atoms with van der Waals surface area (Å²) in [5.74, 6) is -1.02. The van der Waals surface area contributed by atoms with Crippen molar-refractivity contribution in [3.63, 3.8) is 0 Å². The molecule has 1 aliphatic rings. The van der Waals surface area contributed by atoms with Crippen molar-refractivity contribution in [2.24, 2.45) is 5.73 Å². The van der Waals surface area contributed by atoms with E-state index in [1.807, 2.05) is 23.6 Å². The Hall–Kier alpha value is -4.01. The highest BCUT2D eigenvalue weighted by molar-refractivity contribution is 7.13. The van der Waals surface area contributed by atoms with Gasteiger partial charge in [0.25, 0.3) is 5.91 Å². The number of hydrogen-bond donors (Lipinski definition) is 2. The summed E-state index contributed by atoms with van der Waals surface area (Å²) in [5.41, 5.74) is 10.1. The molecule has 182 valence electrons. The van der Waals surface area contributed by atoms with Crippen LogP contribution in [-0.2, 0) is 17.7 Å². The fourth-order valence-corrected chi connectivity index (χ4v) is 5.25. The Labute approximate surface area is 211 Å². The van der Waals surface area contributed by atoms with Gasteiger partial charge in [0, 0.05) is 40.2 Å². The third-order valence-electron chi connectivity index (χ3n) is 6.11. The lowest BCUT2D eigenvalue weighted by Gasteiger charge is -2.17. The van der Waals surface area contributed by atoms with Gasteiger partial charge in [-0.25, -0.2) is 9.18 Å². The van der Waals surface area contributed by atoms with E-state index in [2.05, 4.69) is 5.32 Å². The Morgan fingerprint density at radius 1 is 1.03 bits per heavy atom. The van der Waals surface area contributed by atoms with Gasteiger partial charge in [-0.05, 0) is 70.6 Å². The molecule has 0 saturated carbocycles. The zero-order valence-electron chi connectivity index (χ0n) is 19.5. The summed E-state index contributed by atoms with van der Waals surface area (Å²) in [6, 6.07) is 16.5. The number of hydrogen-bond acceptors (Lipinski definition) is 6. The molecule has 1 amide bonds. The lowest BCUT2D eigenvalue weighted by molar-refractivity contribution is 0.0601. The summed E-state index contributed by atoms with van der Waals surface area (Å²) in [4.78, 5) is 27.2. The summed E-state index contributed by atoms with van der Waals surface area (Å²) in [7, 11) is 1.26. The number of rotatable bonds is 5. The number of anilines is 1. The molecule has 0 bridgehead atoms. The predicted octanol–water partition coefficient (Wildman–Crippen LogP) is 5.65. The number of nitrogens with one attached hydrogen (secondary N) is 1. The van der Waals surface area contributed by atoms with Crippen LogP contribution in [-0.4, -0.2) is 25.6 Å². The largest absolute Gasteiger partial charge is 0.493 e. The van der Waals surface area contributed by atoms with E-state index < -0.39 is 17.7 Å². The van der Waals surface area contributed by atoms with Gasteiger partial charge >= 0.3 is 5.97 Å². The smallest absolute Gasteiger partial charge is 0.338 e. The Kier molecular flexibility index (Phi) is 6.54. The van der Waals surface area contributed by atoms with Gasteiger partial charge in [0.15, 0.2) is 0 Å². The first-order valence-electron chi connectivity index (χ1n) is 11.3. The molecule has 6 nitrogen and oxygen atoms in total. The van der Waals surface area contributed by atoms with Crippen molar-refractivity contribution < 1.29 is 23.5 Å². The maximum Gasteiger partial charge on any atom is 0.338 e. The highest BCUT2D eigenvalue weighted by Crippen LogP contribution is 2.43. The number of carbonyl (C=O) groups is 2. The minimum atomic E-state index is -0.634. The summed E-state index contributed by atoms with van der Waals surface area (Å²) >= 11 is 1.57. The van der Waals surface area contributed by atoms with Gasteiger partial charge in [-0.15, -0.1) is 11.3 Å². The fourth-order valence-electron chi connectivity index (χ4n) is 4.28. The predicted molar refractivity (Wildman–Crippen MR) is 138 cm³/mol. The molecule has 0 aliphatic carbocycles. The molecule has 0 spiro atoms. The van der Waals surface area contributed by atoms with Crippen molar-refractivity contribution in [2.75, 3.05) is 19.0 Å². The second kappa shape index (κ2) is 9.93. The van der Waals surface area contributed by atoms with Crippen LogP contribution in [0, 0.1) is 5.82 Å². The summed E-state index contributed by atoms with van der Waals surface area (Å²) in [6.45, 7) is 0.852. The molecule has 0 atom stereocenters. The highest BCUT2D eigenvalue weighted by atomic mass is 32.1. The van der Waals surface area contributed by atoms with E-state index in [0.717, 1.165) is 28.0 Å². The fraction of sp³-hybridized carbons (Fsp3) is 0.143. The van der Waals surface area contributed by atoms with Gasteiger partial charge in [0.2, 0.25) is 0 Å². The number of fused-ring (bicyclic) bond motifs is 3. The maximum atomic E-state index is 14.4. The first-order chi connectivity index (χ1) is 17.5. The number of ether oxygens (including phenoxy) is 2. The molecule has 3 N–H and O–H groups in total. The van der Waals surface area contributed by atoms with Crippen molar-refractivity contribution in [1.29, 1.82) is 0 Å². The topological polar surface area (TPSA) is 90.7 Å². The van der Waals surface area contributed by atoms with E-state index >= 15 is 0 Å². The zero-order valence-corrected chi connectivity index (χ0v) is 20.3. The SMILES string of the molecule is COC(=O)c1ccc(F)cc1-c1cc2c(cc1C(=O)Nc1ccc(CN)cc1)-c1sccc1CCO2. The molecule has 8 heteroatoms. The Morgan fingerprint density at radius 3 is 2.56 bits per heavy atom. The lowest BCUT2D eigenvalue weighted by Crippen LogP contribution is -2.15. The third kappa shape index (κ3) is 4.48. The van der Waals surface area contributed by atoms with E-state index in [4.69, 9.17) is 15.2 Å². The molecule has 1 aromatic heterocycles. The molecule has 0 radical (unpaired) electrons. The van der Waals surface area contributed by atoms with Crippen LogP contribution in [0.5, 0.6) is 5.75 Å². The Morgan fingerprint density at radius 2 is 1.81 bits per heavy atom. The van der Waals surface area contributed by atoms with Gasteiger partial charge in [0.05, 0.1) is 19.3 Å². The van der Waals surface area contributed by atoms with Crippen molar-refractivity contribution >= 4 is 28.9 Å². The number of esters is 1. The number of halogens is 1. The highest BCUT2D eigenvalue weighted by Gasteiger charge is 2.25. The third-order valence-corrected chi connectivity index (χ3v) is 7.10. The van der Waals surface area contributed by atoms with Crippen LogP contribution in [0.15, 0.2) is 66.0 Å². The molecule has 0 saturated heterocycles. The van der Waals surface area contributed by atoms with Gasteiger partial charge in [-0.3, -0.25) is 4.79 Å². The summed E-state index contributed by atoms with van der Waals surface area (Å²) in [6.07, 6.45) is 0.727. The second-order valence-corrected chi connectivity index (χ2v) is 9.22. The molecule has 3 aromatic carbocycles. The van der Waals surface area contributed by atoms with Gasteiger partial charge < -0.3 is 20.5 Å². The number of amides is 1. The number of benzene rings is 3. The first kappa shape index (κ1) is 23.7. The van der Waals surface area contributed by atoms with Crippen LogP contribution in [0.1, 0.15) is 31.8 Å². The standard InChI is InChI=1S/C28H23FN2O4S/c1-34-28(33)20-7-4-18(29)12-21(20)22-14-25-24(26-17(8-10-35-25)9-11-36-26)13-23(22)27(32)31-19-5-2-16(15-30)3-6-19/h2-7,9,11-14H,8,10,15,30H2,1H3,(H,31,32). The molecule has 5 rings (SSSR count). The monoisotopic (exact) mass is 502 g/mol. The van der Waals surface area contributed by atoms with E-state index in [-0.39, 0.29) is 16.7 Å². The van der Waals surface area contributed by atoms with Gasteiger partial charge in [0.1, 0.15) is 11.6 Å². The zero-order chi connectivity index (χ0) is 25.2. The van der Waals surface area contributed by atoms with E-state index in [1.54, 1.807) is 35.6 Å². The van der Waals surface area contributed by atoms with Crippen LogP contribution >= 0.6 is 11.3 Å². The Bertz CT molecular complexity index is 1460. The van der Waals surface area contributed by atoms with E-state index in [9.17, 15) is 14.0 Å². The summed E-state index contributed by atoms with van der Waals surface area (Å²) < 4.78 is 25.4. The van der Waals surface area contributed by atoms with Crippen LogP contribution in [0.3, 0.4) is 0 Å². The van der Waals surface area contributed by atoms with Crippen LogP contribution in [0.2, 0.25) is 0 Å². The van der Waals surface area contributed by atoms with Crippen LogP contribution in [0.25, 0.3) is 21.6 Å². The van der Waals surface area contributed by atoms with E-state index in [0.29, 0.717) is 30.2 Å². The number of methoxy groups -OCH3 is 1. The molecular weight excluding hydrogens is 479 g/mol. The van der Waals surface area contributed by atoms with Crippen molar-refractivity contribution in [2.45, 2.75) is 13.0 Å². The molecule has 4 aromatic rings. The number of nitrogens with two attached hydrogens (primary N) is 1. The van der Waals surface area contributed by atoms with Gasteiger partial charge in [-0.2, -0.15) is 0 Å². The molecule has 0 unspecified atom stereocenters. The summed E-state index contributed by atoms with van der Waals surface area (Å²) in [5, 5.41) is 4.92. The van der Waals surface area contributed by atoms with Crippen molar-refractivity contribution in [3.8, 4) is 27.3 Å². The Balaban J connectivity index is 1.69. The normalized spacial score (nSPS) is 12.1. The lowest BCUT2D eigenvalue weighted by atomic mass is 9.92. The van der Waals surface area contributed by atoms with Crippen LogP contribution in [0.4, 0.5) is 10.1 Å². The molecular formula is C28H23FN2O4S. The van der Waals surface area contributed by atoms with Gasteiger partial charge in [-0.1, -0.05) is 12.1 Å². The first-order valence-corrected chi connectivity index (χ1v) is 12.2. The molecule has 2 heterocycles. The minimum Gasteiger partial charge on any atom is -0.493 e. The van der Waals surface area contributed by atoms with Crippen molar-refractivity contribution in [1.82, 2.24) is 0 Å². The average molecular weight is 503 g/mol. The van der Waals surface area contributed by atoms with E-state index in [1.165, 1.54) is 25.3 Å². The minimum absolute atomic E-state index is 0.144. The molecule has 0 fully saturated rings. The quantitative estimate of drug-likeness (QED) is 0.344. The number of thiophene rings is 1. The average Bonchev–Trinajstić information content (AvgIpc) is 3.29. The molecule has 1 aliphatic heterocycles. The second-order valence-electron chi connectivity index (χ2n) is 8.30. The number of carbonyl (C=O) groups excluding carboxylic acids is 2. The maximum absolute atomic E-state index is 14.4.